The molecule has 0 aliphatic carbocycles. The van der Waals surface area contributed by atoms with Crippen LogP contribution in [0, 0.1) is 0 Å². The van der Waals surface area contributed by atoms with Crippen LogP contribution in [0.4, 0.5) is 0 Å². The van der Waals surface area contributed by atoms with E-state index in [0.29, 0.717) is 13.1 Å². The predicted octanol–water partition coefficient (Wildman–Crippen LogP) is 1.41. The monoisotopic (exact) mass is 262 g/mol. The molecule has 19 heavy (non-hydrogen) atoms. The lowest BCUT2D eigenvalue weighted by Gasteiger charge is -2.34. The number of carbonyl (C=O) groups is 1. The van der Waals surface area contributed by atoms with Gasteiger partial charge in [0.05, 0.1) is 18.8 Å². The number of benzene rings is 1. The van der Waals surface area contributed by atoms with Crippen molar-refractivity contribution in [2.75, 3.05) is 19.6 Å². The van der Waals surface area contributed by atoms with Crippen molar-refractivity contribution in [3.63, 3.8) is 0 Å². The Kier molecular flexibility index (Phi) is 4.93. The first-order chi connectivity index (χ1) is 9.13. The fourth-order valence-electron chi connectivity index (χ4n) is 2.47. The third kappa shape index (κ3) is 4.65. The number of ether oxygens (including phenoxy) is 1. The molecule has 4 heteroatoms. The molecule has 1 fully saturated rings. The molecule has 0 spiro atoms. The van der Waals surface area contributed by atoms with Gasteiger partial charge in [0.2, 0.25) is 5.91 Å². The third-order valence-corrected chi connectivity index (χ3v) is 3.19. The lowest BCUT2D eigenvalue weighted by Crippen LogP contribution is -2.49. The lowest BCUT2D eigenvalue weighted by atomic mass is 10.2. The summed E-state index contributed by atoms with van der Waals surface area (Å²) < 4.78 is 5.65. The van der Waals surface area contributed by atoms with E-state index in [-0.39, 0.29) is 18.1 Å². The minimum atomic E-state index is 0.0742. The minimum absolute atomic E-state index is 0.0742. The van der Waals surface area contributed by atoms with E-state index in [1.807, 2.05) is 44.2 Å². The van der Waals surface area contributed by atoms with Gasteiger partial charge in [-0.15, -0.1) is 0 Å². The van der Waals surface area contributed by atoms with E-state index in [4.69, 9.17) is 4.74 Å². The molecule has 1 saturated heterocycles. The van der Waals surface area contributed by atoms with Gasteiger partial charge in [-0.05, 0) is 19.4 Å². The molecule has 2 atom stereocenters. The Morgan fingerprint density at radius 1 is 1.26 bits per heavy atom. The van der Waals surface area contributed by atoms with Gasteiger partial charge >= 0.3 is 0 Å². The molecule has 0 saturated carbocycles. The topological polar surface area (TPSA) is 41.6 Å². The zero-order chi connectivity index (χ0) is 13.7. The average Bonchev–Trinajstić information content (AvgIpc) is 2.36. The summed E-state index contributed by atoms with van der Waals surface area (Å²) in [5, 5.41) is 2.95. The molecule has 0 aromatic heterocycles. The molecule has 1 N–H and O–H groups in total. The van der Waals surface area contributed by atoms with Gasteiger partial charge in [0, 0.05) is 19.6 Å². The van der Waals surface area contributed by atoms with Gasteiger partial charge in [0.15, 0.2) is 0 Å². The van der Waals surface area contributed by atoms with Gasteiger partial charge in [-0.3, -0.25) is 9.69 Å². The van der Waals surface area contributed by atoms with Crippen LogP contribution in [-0.4, -0.2) is 42.6 Å². The van der Waals surface area contributed by atoms with Crippen LogP contribution in [0.1, 0.15) is 19.4 Å². The largest absolute Gasteiger partial charge is 0.373 e. The molecule has 1 aliphatic heterocycles. The summed E-state index contributed by atoms with van der Waals surface area (Å²) in [5.74, 6) is 0.0742. The molecule has 0 bridgehead atoms. The number of amides is 1. The Labute approximate surface area is 114 Å². The van der Waals surface area contributed by atoms with Crippen molar-refractivity contribution in [1.29, 1.82) is 0 Å². The number of hydrogen-bond donors (Lipinski definition) is 1. The van der Waals surface area contributed by atoms with Crippen molar-refractivity contribution < 1.29 is 9.53 Å². The van der Waals surface area contributed by atoms with Gasteiger partial charge in [-0.25, -0.2) is 0 Å². The van der Waals surface area contributed by atoms with E-state index in [9.17, 15) is 4.79 Å². The number of morpholine rings is 1. The molecular weight excluding hydrogens is 240 g/mol. The smallest absolute Gasteiger partial charge is 0.234 e. The number of nitrogens with zero attached hydrogens (tertiary/aromatic N) is 1. The van der Waals surface area contributed by atoms with Crippen molar-refractivity contribution >= 4 is 5.91 Å². The predicted molar refractivity (Wildman–Crippen MR) is 74.7 cm³/mol. The van der Waals surface area contributed by atoms with Crippen molar-refractivity contribution in [1.82, 2.24) is 10.2 Å². The molecule has 1 aromatic rings. The van der Waals surface area contributed by atoms with Crippen molar-refractivity contribution in [3.05, 3.63) is 35.9 Å². The standard InChI is InChI=1S/C15H22N2O2/c1-12-9-17(10-13(2)19-12)11-15(18)16-8-14-6-4-3-5-7-14/h3-7,12-13H,8-11H2,1-2H3,(H,16,18)/t12-,13-/m1/s1. The molecular formula is C15H22N2O2. The summed E-state index contributed by atoms with van der Waals surface area (Å²) in [4.78, 5) is 14.1. The summed E-state index contributed by atoms with van der Waals surface area (Å²) in [6.45, 7) is 6.78. The fourth-order valence-corrected chi connectivity index (χ4v) is 2.47. The van der Waals surface area contributed by atoms with Crippen molar-refractivity contribution in [3.8, 4) is 0 Å². The molecule has 1 aliphatic rings. The van der Waals surface area contributed by atoms with E-state index in [1.54, 1.807) is 0 Å². The second-order valence-electron chi connectivity index (χ2n) is 5.21. The Balaban J connectivity index is 1.75. The lowest BCUT2D eigenvalue weighted by molar-refractivity contribution is -0.126. The van der Waals surface area contributed by atoms with E-state index in [2.05, 4.69) is 10.2 Å². The normalized spacial score (nSPS) is 24.1. The van der Waals surface area contributed by atoms with Crippen LogP contribution in [0.3, 0.4) is 0 Å². The number of hydrogen-bond acceptors (Lipinski definition) is 3. The van der Waals surface area contributed by atoms with E-state index in [0.717, 1.165) is 18.7 Å². The maximum atomic E-state index is 11.9. The molecule has 1 aromatic carbocycles. The number of carbonyl (C=O) groups excluding carboxylic acids is 1. The van der Waals surface area contributed by atoms with Crippen LogP contribution in [0.25, 0.3) is 0 Å². The van der Waals surface area contributed by atoms with Crippen LogP contribution >= 0.6 is 0 Å². The summed E-state index contributed by atoms with van der Waals surface area (Å²) >= 11 is 0. The van der Waals surface area contributed by atoms with Gasteiger partial charge in [0.25, 0.3) is 0 Å². The third-order valence-electron chi connectivity index (χ3n) is 3.19. The molecule has 2 rings (SSSR count). The van der Waals surface area contributed by atoms with Gasteiger partial charge in [-0.2, -0.15) is 0 Å². The first-order valence-corrected chi connectivity index (χ1v) is 6.82. The molecule has 1 amide bonds. The molecule has 4 nitrogen and oxygen atoms in total. The molecule has 104 valence electrons. The van der Waals surface area contributed by atoms with Crippen LogP contribution in [0.15, 0.2) is 30.3 Å². The zero-order valence-corrected chi connectivity index (χ0v) is 11.6. The summed E-state index contributed by atoms with van der Waals surface area (Å²) in [5.41, 5.74) is 1.12. The summed E-state index contributed by atoms with van der Waals surface area (Å²) in [6, 6.07) is 9.96. The van der Waals surface area contributed by atoms with Crippen LogP contribution in [-0.2, 0) is 16.1 Å². The highest BCUT2D eigenvalue weighted by Crippen LogP contribution is 2.09. The van der Waals surface area contributed by atoms with Crippen LogP contribution in [0.5, 0.6) is 0 Å². The average molecular weight is 262 g/mol. The first kappa shape index (κ1) is 14.0. The van der Waals surface area contributed by atoms with Gasteiger partial charge in [0.1, 0.15) is 0 Å². The first-order valence-electron chi connectivity index (χ1n) is 6.82. The zero-order valence-electron chi connectivity index (χ0n) is 11.6. The number of rotatable bonds is 4. The minimum Gasteiger partial charge on any atom is -0.373 e. The molecule has 0 unspecified atom stereocenters. The van der Waals surface area contributed by atoms with Gasteiger partial charge < -0.3 is 10.1 Å². The van der Waals surface area contributed by atoms with Crippen LogP contribution in [0.2, 0.25) is 0 Å². The Morgan fingerprint density at radius 2 is 1.89 bits per heavy atom. The van der Waals surface area contributed by atoms with Crippen LogP contribution < -0.4 is 5.32 Å². The maximum Gasteiger partial charge on any atom is 0.234 e. The summed E-state index contributed by atoms with van der Waals surface area (Å²) in [7, 11) is 0. The van der Waals surface area contributed by atoms with E-state index >= 15 is 0 Å². The highest BCUT2D eigenvalue weighted by atomic mass is 16.5. The van der Waals surface area contributed by atoms with Gasteiger partial charge in [-0.1, -0.05) is 30.3 Å². The molecule has 0 radical (unpaired) electrons. The molecule has 1 heterocycles. The fraction of sp³-hybridized carbons (Fsp3) is 0.533. The van der Waals surface area contributed by atoms with E-state index in [1.165, 1.54) is 0 Å². The highest BCUT2D eigenvalue weighted by Gasteiger charge is 2.23. The second-order valence-corrected chi connectivity index (χ2v) is 5.21. The number of nitrogens with one attached hydrogen (secondary N) is 1. The van der Waals surface area contributed by atoms with Crippen molar-refractivity contribution in [2.45, 2.75) is 32.6 Å². The van der Waals surface area contributed by atoms with Crippen molar-refractivity contribution in [2.24, 2.45) is 0 Å². The Hall–Kier alpha value is -1.39. The highest BCUT2D eigenvalue weighted by molar-refractivity contribution is 5.78. The SMILES string of the molecule is C[C@@H]1CN(CC(=O)NCc2ccccc2)C[C@@H](C)O1. The Bertz CT molecular complexity index is 398. The Morgan fingerprint density at radius 3 is 2.53 bits per heavy atom. The summed E-state index contributed by atoms with van der Waals surface area (Å²) in [6.07, 6.45) is 0.399. The van der Waals surface area contributed by atoms with E-state index < -0.39 is 0 Å². The quantitative estimate of drug-likeness (QED) is 0.892. The second kappa shape index (κ2) is 6.68. The maximum absolute atomic E-state index is 11.9.